The Morgan fingerprint density at radius 1 is 0.392 bits per heavy atom. The zero-order valence-corrected chi connectivity index (χ0v) is 28.0. The molecule has 0 spiro atoms. The van der Waals surface area contributed by atoms with Gasteiger partial charge in [-0.15, -0.1) is 0 Å². The van der Waals surface area contributed by atoms with Crippen molar-refractivity contribution in [1.82, 2.24) is 4.57 Å². The molecule has 9 aromatic rings. The van der Waals surface area contributed by atoms with Crippen LogP contribution >= 0.6 is 0 Å². The SMILES string of the molecule is c1ccc(-c2cccc3c2c2ccc(N(c4ccccc4)c4ccc5c(c4)C(c4ccccc4)c4ccccc4-5)cc2n3-c2ccccc2)cc1. The first-order valence-corrected chi connectivity index (χ1v) is 17.6. The third-order valence-corrected chi connectivity index (χ3v) is 10.4. The Hall–Kier alpha value is -6.64. The Labute approximate surface area is 298 Å². The summed E-state index contributed by atoms with van der Waals surface area (Å²) < 4.78 is 2.43. The summed E-state index contributed by atoms with van der Waals surface area (Å²) in [5.41, 5.74) is 16.0. The van der Waals surface area contributed by atoms with Gasteiger partial charge in [-0.05, 0) is 93.5 Å². The predicted molar refractivity (Wildman–Crippen MR) is 214 cm³/mol. The van der Waals surface area contributed by atoms with E-state index in [0.717, 1.165) is 22.7 Å². The quantitative estimate of drug-likeness (QED) is 0.174. The molecule has 1 heterocycles. The predicted octanol–water partition coefficient (Wildman–Crippen LogP) is 13.1. The molecule has 0 saturated carbocycles. The van der Waals surface area contributed by atoms with Crippen molar-refractivity contribution in [3.05, 3.63) is 217 Å². The largest absolute Gasteiger partial charge is 0.310 e. The number of hydrogen-bond acceptors (Lipinski definition) is 1. The Bertz CT molecular complexity index is 2680. The van der Waals surface area contributed by atoms with Crippen molar-refractivity contribution in [3.8, 4) is 27.9 Å². The lowest BCUT2D eigenvalue weighted by Crippen LogP contribution is -2.11. The standard InChI is InChI=1S/C49H34N2/c1-5-16-34(17-6-1)40-26-15-27-46-49(40)44-31-29-39(33-47(44)51(46)37-22-11-4-12-23-37)50(36-20-9-3-10-21-36)38-28-30-42-41-24-13-14-25-43(41)48(45(42)32-38)35-18-7-2-8-19-35/h1-33,48H. The number of fused-ring (bicyclic) bond motifs is 6. The van der Waals surface area contributed by atoms with Crippen molar-refractivity contribution in [2.75, 3.05) is 4.90 Å². The summed E-state index contributed by atoms with van der Waals surface area (Å²) in [6, 6.07) is 72.8. The lowest BCUT2D eigenvalue weighted by molar-refractivity contribution is 1.01. The van der Waals surface area contributed by atoms with Gasteiger partial charge in [0, 0.05) is 39.4 Å². The number of para-hydroxylation sites is 2. The molecule has 1 aromatic heterocycles. The molecule has 2 heteroatoms. The topological polar surface area (TPSA) is 8.17 Å². The summed E-state index contributed by atoms with van der Waals surface area (Å²) in [4.78, 5) is 2.41. The van der Waals surface area contributed by atoms with Crippen molar-refractivity contribution in [2.24, 2.45) is 0 Å². The van der Waals surface area contributed by atoms with Crippen LogP contribution in [-0.2, 0) is 0 Å². The molecule has 0 bridgehead atoms. The van der Waals surface area contributed by atoms with Gasteiger partial charge in [-0.2, -0.15) is 0 Å². The van der Waals surface area contributed by atoms with Crippen LogP contribution in [0.5, 0.6) is 0 Å². The highest BCUT2D eigenvalue weighted by Crippen LogP contribution is 2.50. The molecule has 0 amide bonds. The van der Waals surface area contributed by atoms with Gasteiger partial charge in [0.05, 0.1) is 11.0 Å². The minimum atomic E-state index is 0.175. The van der Waals surface area contributed by atoms with E-state index in [1.165, 1.54) is 60.8 Å². The number of nitrogens with zero attached hydrogens (tertiary/aromatic N) is 2. The van der Waals surface area contributed by atoms with Gasteiger partial charge < -0.3 is 9.47 Å². The lowest BCUT2D eigenvalue weighted by atomic mass is 9.89. The molecule has 0 radical (unpaired) electrons. The van der Waals surface area contributed by atoms with Crippen LogP contribution in [0, 0.1) is 0 Å². The second-order valence-corrected chi connectivity index (χ2v) is 13.3. The second-order valence-electron chi connectivity index (χ2n) is 13.3. The highest BCUT2D eigenvalue weighted by Gasteiger charge is 2.31. The van der Waals surface area contributed by atoms with E-state index in [1.807, 2.05) is 0 Å². The molecular formula is C49H34N2. The van der Waals surface area contributed by atoms with E-state index < -0.39 is 0 Å². The normalized spacial score (nSPS) is 13.3. The van der Waals surface area contributed by atoms with Crippen molar-refractivity contribution >= 4 is 38.9 Å². The van der Waals surface area contributed by atoms with Crippen LogP contribution in [0.2, 0.25) is 0 Å². The molecule has 8 aromatic carbocycles. The molecule has 240 valence electrons. The molecule has 0 N–H and O–H groups in total. The van der Waals surface area contributed by atoms with Crippen molar-refractivity contribution in [2.45, 2.75) is 5.92 Å². The fourth-order valence-electron chi connectivity index (χ4n) is 8.27. The fraction of sp³-hybridized carbons (Fsp3) is 0.0204. The number of anilines is 3. The molecule has 1 unspecified atom stereocenters. The first kappa shape index (κ1) is 29.3. The third-order valence-electron chi connectivity index (χ3n) is 10.4. The van der Waals surface area contributed by atoms with E-state index in [1.54, 1.807) is 0 Å². The van der Waals surface area contributed by atoms with Gasteiger partial charge in [0.1, 0.15) is 0 Å². The number of aromatic nitrogens is 1. The average molecular weight is 651 g/mol. The van der Waals surface area contributed by atoms with Gasteiger partial charge in [-0.1, -0.05) is 146 Å². The minimum Gasteiger partial charge on any atom is -0.310 e. The van der Waals surface area contributed by atoms with Gasteiger partial charge in [0.2, 0.25) is 0 Å². The van der Waals surface area contributed by atoms with E-state index in [9.17, 15) is 0 Å². The van der Waals surface area contributed by atoms with Crippen molar-refractivity contribution in [1.29, 1.82) is 0 Å². The molecule has 1 aliphatic carbocycles. The maximum atomic E-state index is 2.43. The van der Waals surface area contributed by atoms with Crippen LogP contribution < -0.4 is 4.90 Å². The van der Waals surface area contributed by atoms with Crippen LogP contribution in [0.1, 0.15) is 22.6 Å². The lowest BCUT2D eigenvalue weighted by Gasteiger charge is -2.27. The highest BCUT2D eigenvalue weighted by atomic mass is 15.1. The Morgan fingerprint density at radius 2 is 1.00 bits per heavy atom. The Morgan fingerprint density at radius 3 is 1.78 bits per heavy atom. The van der Waals surface area contributed by atoms with E-state index in [4.69, 9.17) is 0 Å². The maximum Gasteiger partial charge on any atom is 0.0562 e. The Balaban J connectivity index is 1.21. The molecule has 0 fully saturated rings. The van der Waals surface area contributed by atoms with Crippen LogP contribution in [0.4, 0.5) is 17.1 Å². The molecule has 51 heavy (non-hydrogen) atoms. The third kappa shape index (κ3) is 4.80. The van der Waals surface area contributed by atoms with Gasteiger partial charge in [-0.3, -0.25) is 0 Å². The summed E-state index contributed by atoms with van der Waals surface area (Å²) in [5, 5.41) is 2.50. The van der Waals surface area contributed by atoms with Crippen molar-refractivity contribution in [3.63, 3.8) is 0 Å². The van der Waals surface area contributed by atoms with Gasteiger partial charge in [0.25, 0.3) is 0 Å². The molecule has 10 rings (SSSR count). The molecule has 1 aliphatic rings. The first-order chi connectivity index (χ1) is 25.3. The van der Waals surface area contributed by atoms with E-state index >= 15 is 0 Å². The maximum absolute atomic E-state index is 2.43. The summed E-state index contributed by atoms with van der Waals surface area (Å²) in [6.45, 7) is 0. The van der Waals surface area contributed by atoms with E-state index in [2.05, 4.69) is 210 Å². The summed E-state index contributed by atoms with van der Waals surface area (Å²) in [6.07, 6.45) is 0. The van der Waals surface area contributed by atoms with E-state index in [-0.39, 0.29) is 5.92 Å². The Kier molecular flexibility index (Phi) is 6.92. The summed E-state index contributed by atoms with van der Waals surface area (Å²) >= 11 is 0. The van der Waals surface area contributed by atoms with Gasteiger partial charge in [-0.25, -0.2) is 0 Å². The van der Waals surface area contributed by atoms with Crippen LogP contribution in [-0.4, -0.2) is 4.57 Å². The monoisotopic (exact) mass is 650 g/mol. The summed E-state index contributed by atoms with van der Waals surface area (Å²) in [7, 11) is 0. The van der Waals surface area contributed by atoms with E-state index in [0.29, 0.717) is 0 Å². The fourth-order valence-corrected chi connectivity index (χ4v) is 8.27. The zero-order chi connectivity index (χ0) is 33.7. The van der Waals surface area contributed by atoms with Crippen LogP contribution in [0.3, 0.4) is 0 Å². The highest BCUT2D eigenvalue weighted by molar-refractivity contribution is 6.16. The molecule has 2 nitrogen and oxygen atoms in total. The number of rotatable bonds is 6. The molecule has 1 atom stereocenters. The summed E-state index contributed by atoms with van der Waals surface area (Å²) in [5.74, 6) is 0.175. The smallest absolute Gasteiger partial charge is 0.0562 e. The van der Waals surface area contributed by atoms with Gasteiger partial charge in [0.15, 0.2) is 0 Å². The van der Waals surface area contributed by atoms with Crippen LogP contribution in [0.25, 0.3) is 49.7 Å². The van der Waals surface area contributed by atoms with Crippen molar-refractivity contribution < 1.29 is 0 Å². The first-order valence-electron chi connectivity index (χ1n) is 17.6. The molecule has 0 aliphatic heterocycles. The second kappa shape index (κ2) is 12.0. The average Bonchev–Trinajstić information content (AvgIpc) is 3.72. The molecule has 0 saturated heterocycles. The van der Waals surface area contributed by atoms with Crippen LogP contribution in [0.15, 0.2) is 200 Å². The zero-order valence-electron chi connectivity index (χ0n) is 28.0. The molecular weight excluding hydrogens is 617 g/mol. The number of hydrogen-bond donors (Lipinski definition) is 0. The minimum absolute atomic E-state index is 0.175. The van der Waals surface area contributed by atoms with Gasteiger partial charge >= 0.3 is 0 Å². The number of benzene rings is 8.